The Bertz CT molecular complexity index is 499. The van der Waals surface area contributed by atoms with Crippen LogP contribution in [0.2, 0.25) is 4.34 Å². The van der Waals surface area contributed by atoms with Crippen LogP contribution in [0.1, 0.15) is 20.8 Å². The smallest absolute Gasteiger partial charge is 0.0960 e. The first kappa shape index (κ1) is 13.6. The van der Waals surface area contributed by atoms with E-state index in [0.717, 1.165) is 17.5 Å². The average molecular weight is 465 g/mol. The highest BCUT2D eigenvalue weighted by Crippen LogP contribution is 2.44. The maximum Gasteiger partial charge on any atom is 0.0960 e. The van der Waals surface area contributed by atoms with Crippen molar-refractivity contribution < 1.29 is 0 Å². The molecule has 0 nitrogen and oxygen atoms in total. The molecule has 0 saturated heterocycles. The number of hydrogen-bond acceptors (Lipinski definition) is 2. The van der Waals surface area contributed by atoms with E-state index in [4.69, 9.17) is 11.6 Å². The fourth-order valence-electron chi connectivity index (χ4n) is 1.29. The van der Waals surface area contributed by atoms with Crippen molar-refractivity contribution in [3.05, 3.63) is 40.0 Å². The summed E-state index contributed by atoms with van der Waals surface area (Å²) >= 11 is 20.2. The van der Waals surface area contributed by atoms with E-state index in [1.165, 1.54) is 10.4 Å². The van der Waals surface area contributed by atoms with Gasteiger partial charge >= 0.3 is 0 Å². The quantitative estimate of drug-likeness (QED) is 0.429. The zero-order valence-corrected chi connectivity index (χ0v) is 15.2. The fraction of sp³-hybridized carbons (Fsp3) is 0.200. The molecule has 0 N–H and O–H groups in total. The Labute approximate surface area is 132 Å². The first-order valence-corrected chi connectivity index (χ1v) is 8.85. The Kier molecular flexibility index (Phi) is 4.58. The monoisotopic (exact) mass is 462 g/mol. The molecule has 2 heterocycles. The molecule has 0 bridgehead atoms. The Balaban J connectivity index is 2.38. The van der Waals surface area contributed by atoms with Gasteiger partial charge in [-0.05, 0) is 62.0 Å². The maximum atomic E-state index is 6.09. The van der Waals surface area contributed by atoms with E-state index in [9.17, 15) is 0 Å². The van der Waals surface area contributed by atoms with Gasteiger partial charge in [0.1, 0.15) is 0 Å². The van der Waals surface area contributed by atoms with Crippen LogP contribution in [0, 0.1) is 6.92 Å². The summed E-state index contributed by atoms with van der Waals surface area (Å²) < 4.78 is 3.13. The molecule has 1 atom stereocenters. The molecule has 0 aliphatic rings. The van der Waals surface area contributed by atoms with E-state index in [2.05, 4.69) is 59.9 Å². The van der Waals surface area contributed by atoms with Crippen LogP contribution >= 0.6 is 82.1 Å². The third-order valence-corrected chi connectivity index (χ3v) is 7.38. The van der Waals surface area contributed by atoms with Crippen LogP contribution in [0.4, 0.5) is 0 Å². The number of halogens is 4. The number of thiophene rings is 2. The van der Waals surface area contributed by atoms with Gasteiger partial charge in [0.25, 0.3) is 0 Å². The van der Waals surface area contributed by atoms with E-state index >= 15 is 0 Å². The lowest BCUT2D eigenvalue weighted by molar-refractivity contribution is 1.23. The van der Waals surface area contributed by atoms with Gasteiger partial charge in [0.2, 0.25) is 0 Å². The molecule has 0 spiro atoms. The highest BCUT2D eigenvalue weighted by atomic mass is 79.9. The molecule has 0 aliphatic heterocycles. The van der Waals surface area contributed by atoms with Crippen LogP contribution in [-0.2, 0) is 0 Å². The van der Waals surface area contributed by atoms with Crippen molar-refractivity contribution in [2.24, 2.45) is 0 Å². The Morgan fingerprint density at radius 1 is 1.25 bits per heavy atom. The molecular formula is C10H6Br3ClS2. The summed E-state index contributed by atoms with van der Waals surface area (Å²) in [5.74, 6) is 0. The lowest BCUT2D eigenvalue weighted by atomic mass is 10.2. The largest absolute Gasteiger partial charge is 0.127 e. The van der Waals surface area contributed by atoms with Crippen molar-refractivity contribution in [1.82, 2.24) is 0 Å². The van der Waals surface area contributed by atoms with E-state index in [1.54, 1.807) is 22.7 Å². The Morgan fingerprint density at radius 2 is 1.94 bits per heavy atom. The average Bonchev–Trinajstić information content (AvgIpc) is 2.70. The number of alkyl halides is 1. The standard InChI is InChI=1S/C10H6Br3ClS2/c1-4-2-6(15-10(4)14)8(12)5-3-7(11)16-9(5)13/h2-3,8H,1H3. The van der Waals surface area contributed by atoms with Gasteiger partial charge in [-0.25, -0.2) is 0 Å². The molecule has 0 radical (unpaired) electrons. The highest BCUT2D eigenvalue weighted by molar-refractivity contribution is 9.12. The topological polar surface area (TPSA) is 0 Å². The third-order valence-electron chi connectivity index (χ3n) is 2.08. The molecule has 16 heavy (non-hydrogen) atoms. The third kappa shape index (κ3) is 2.75. The van der Waals surface area contributed by atoms with Crippen LogP contribution in [0.15, 0.2) is 19.7 Å². The van der Waals surface area contributed by atoms with Crippen LogP contribution in [0.25, 0.3) is 0 Å². The van der Waals surface area contributed by atoms with Gasteiger partial charge in [-0.1, -0.05) is 27.5 Å². The lowest BCUT2D eigenvalue weighted by Gasteiger charge is -2.05. The van der Waals surface area contributed by atoms with Gasteiger partial charge < -0.3 is 0 Å². The van der Waals surface area contributed by atoms with Crippen molar-refractivity contribution in [3.8, 4) is 0 Å². The second-order valence-electron chi connectivity index (χ2n) is 3.25. The minimum Gasteiger partial charge on any atom is -0.127 e. The van der Waals surface area contributed by atoms with Gasteiger partial charge in [-0.3, -0.25) is 0 Å². The summed E-state index contributed by atoms with van der Waals surface area (Å²) in [5, 5.41) is 0. The first-order chi connectivity index (χ1) is 7.49. The molecule has 0 amide bonds. The molecule has 0 fully saturated rings. The number of aryl methyl sites for hydroxylation is 1. The van der Waals surface area contributed by atoms with Crippen molar-refractivity contribution in [2.45, 2.75) is 11.8 Å². The molecule has 2 aromatic rings. The van der Waals surface area contributed by atoms with Crippen molar-refractivity contribution in [3.63, 3.8) is 0 Å². The summed E-state index contributed by atoms with van der Waals surface area (Å²) in [7, 11) is 0. The van der Waals surface area contributed by atoms with Crippen LogP contribution < -0.4 is 0 Å². The Hall–Kier alpha value is 1.13. The number of hydrogen-bond donors (Lipinski definition) is 0. The van der Waals surface area contributed by atoms with Gasteiger partial charge in [0.15, 0.2) is 0 Å². The lowest BCUT2D eigenvalue weighted by Crippen LogP contribution is -1.86. The summed E-state index contributed by atoms with van der Waals surface area (Å²) in [4.78, 5) is 1.43. The zero-order valence-electron chi connectivity index (χ0n) is 8.06. The highest BCUT2D eigenvalue weighted by Gasteiger charge is 2.19. The normalized spacial score (nSPS) is 13.1. The summed E-state index contributed by atoms with van der Waals surface area (Å²) in [6, 6.07) is 4.25. The molecular weight excluding hydrogens is 459 g/mol. The minimum absolute atomic E-state index is 0.195. The van der Waals surface area contributed by atoms with Gasteiger partial charge in [-0.2, -0.15) is 0 Å². The molecule has 6 heteroatoms. The molecule has 86 valence electrons. The molecule has 0 saturated carbocycles. The SMILES string of the molecule is Cc1cc(C(Br)c2cc(Br)sc2Br)sc1Cl. The first-order valence-electron chi connectivity index (χ1n) is 4.33. The predicted molar refractivity (Wildman–Crippen MR) is 84.6 cm³/mol. The van der Waals surface area contributed by atoms with Crippen molar-refractivity contribution >= 4 is 82.1 Å². The molecule has 2 rings (SSSR count). The van der Waals surface area contributed by atoms with E-state index in [-0.39, 0.29) is 4.83 Å². The predicted octanol–water partition coefficient (Wildman–Crippen LogP) is 6.78. The van der Waals surface area contributed by atoms with Gasteiger partial charge in [-0.15, -0.1) is 22.7 Å². The van der Waals surface area contributed by atoms with Gasteiger partial charge in [0.05, 0.1) is 16.7 Å². The molecule has 2 aromatic heterocycles. The van der Waals surface area contributed by atoms with Crippen LogP contribution in [-0.4, -0.2) is 0 Å². The fourth-order valence-corrected chi connectivity index (χ4v) is 6.64. The molecule has 1 unspecified atom stereocenters. The van der Waals surface area contributed by atoms with Crippen molar-refractivity contribution in [2.75, 3.05) is 0 Å². The second-order valence-corrected chi connectivity index (χ2v) is 9.60. The van der Waals surface area contributed by atoms with Gasteiger partial charge in [0, 0.05) is 4.88 Å². The second kappa shape index (κ2) is 5.41. The Morgan fingerprint density at radius 3 is 2.38 bits per heavy atom. The van der Waals surface area contributed by atoms with E-state index in [1.807, 2.05) is 6.92 Å². The molecule has 0 aliphatic carbocycles. The maximum absolute atomic E-state index is 6.09. The summed E-state index contributed by atoms with van der Waals surface area (Å²) in [6.07, 6.45) is 0. The molecule has 0 aromatic carbocycles. The number of rotatable bonds is 2. The minimum atomic E-state index is 0.195. The van der Waals surface area contributed by atoms with E-state index in [0.29, 0.717) is 0 Å². The van der Waals surface area contributed by atoms with E-state index < -0.39 is 0 Å². The summed E-state index contributed by atoms with van der Waals surface area (Å²) in [5.41, 5.74) is 2.37. The van der Waals surface area contributed by atoms with Crippen LogP contribution in [0.5, 0.6) is 0 Å². The van der Waals surface area contributed by atoms with Crippen molar-refractivity contribution in [1.29, 1.82) is 0 Å². The van der Waals surface area contributed by atoms with Crippen LogP contribution in [0.3, 0.4) is 0 Å². The summed E-state index contributed by atoms with van der Waals surface area (Å²) in [6.45, 7) is 2.03. The zero-order chi connectivity index (χ0) is 11.9.